The Hall–Kier alpha value is -1.65. The number of halogens is 1. The predicted molar refractivity (Wildman–Crippen MR) is 78.5 cm³/mol. The van der Waals surface area contributed by atoms with E-state index in [-0.39, 0.29) is 5.78 Å². The molecule has 0 saturated heterocycles. The summed E-state index contributed by atoms with van der Waals surface area (Å²) in [6.07, 6.45) is 1.49. The van der Waals surface area contributed by atoms with Gasteiger partial charge >= 0.3 is 0 Å². The van der Waals surface area contributed by atoms with Crippen LogP contribution in [-0.2, 0) is 11.3 Å². The molecule has 2 aromatic rings. The molecule has 0 saturated carbocycles. The number of aromatic nitrogens is 2. The van der Waals surface area contributed by atoms with Crippen LogP contribution in [0.1, 0.15) is 27.2 Å². The third-order valence-electron chi connectivity index (χ3n) is 3.14. The summed E-state index contributed by atoms with van der Waals surface area (Å²) in [5, 5.41) is 4.50. The Kier molecular flexibility index (Phi) is 4.57. The van der Waals surface area contributed by atoms with Crippen LogP contribution in [0.3, 0.4) is 0 Å². The number of aryl methyl sites for hydroxylation is 2. The fourth-order valence-electron chi connectivity index (χ4n) is 2.13. The summed E-state index contributed by atoms with van der Waals surface area (Å²) in [5.41, 5.74) is 3.12. The van der Waals surface area contributed by atoms with Gasteiger partial charge in [-0.2, -0.15) is 5.10 Å². The molecule has 2 rings (SSSR count). The number of ketones is 1. The number of hydrogen-bond acceptors (Lipinski definition) is 3. The molecule has 0 atom stereocenters. The van der Waals surface area contributed by atoms with E-state index in [0.29, 0.717) is 29.4 Å². The van der Waals surface area contributed by atoms with Gasteiger partial charge in [-0.15, -0.1) is 0 Å². The van der Waals surface area contributed by atoms with Gasteiger partial charge in [-0.3, -0.25) is 9.48 Å². The summed E-state index contributed by atoms with van der Waals surface area (Å²) in [6.45, 7) is 4.89. The van der Waals surface area contributed by atoms with E-state index in [1.807, 2.05) is 32.0 Å². The van der Waals surface area contributed by atoms with Crippen molar-refractivity contribution in [3.63, 3.8) is 0 Å². The van der Waals surface area contributed by atoms with Gasteiger partial charge in [0.1, 0.15) is 5.69 Å². The van der Waals surface area contributed by atoms with Crippen LogP contribution < -0.4 is 0 Å². The van der Waals surface area contributed by atoms with Crippen molar-refractivity contribution in [1.29, 1.82) is 0 Å². The maximum atomic E-state index is 12.7. The smallest absolute Gasteiger partial charge is 0.212 e. The van der Waals surface area contributed by atoms with E-state index in [9.17, 15) is 4.79 Å². The number of benzene rings is 1. The summed E-state index contributed by atoms with van der Waals surface area (Å²) in [6, 6.07) is 5.73. The van der Waals surface area contributed by atoms with Crippen molar-refractivity contribution in [3.8, 4) is 0 Å². The van der Waals surface area contributed by atoms with Crippen molar-refractivity contribution in [2.24, 2.45) is 0 Å². The van der Waals surface area contributed by atoms with Gasteiger partial charge in [-0.05, 0) is 19.4 Å². The molecule has 0 radical (unpaired) electrons. The second kappa shape index (κ2) is 6.20. The number of carbonyl (C=O) groups is 1. The molecule has 0 aliphatic heterocycles. The Balaban J connectivity index is 2.40. The molecule has 20 heavy (non-hydrogen) atoms. The van der Waals surface area contributed by atoms with E-state index in [4.69, 9.17) is 16.3 Å². The lowest BCUT2D eigenvalue weighted by atomic mass is 10.0. The maximum absolute atomic E-state index is 12.7. The first kappa shape index (κ1) is 14.8. The average molecular weight is 293 g/mol. The van der Waals surface area contributed by atoms with Crippen LogP contribution >= 0.6 is 11.6 Å². The molecule has 1 aromatic carbocycles. The second-order valence-corrected chi connectivity index (χ2v) is 5.11. The topological polar surface area (TPSA) is 44.1 Å². The summed E-state index contributed by atoms with van der Waals surface area (Å²) in [7, 11) is 1.61. The molecule has 0 amide bonds. The van der Waals surface area contributed by atoms with E-state index in [1.54, 1.807) is 11.8 Å². The van der Waals surface area contributed by atoms with Gasteiger partial charge in [0.05, 0.1) is 24.4 Å². The minimum atomic E-state index is -0.110. The molecular weight excluding hydrogens is 276 g/mol. The van der Waals surface area contributed by atoms with Crippen LogP contribution in [0.4, 0.5) is 0 Å². The molecular formula is C15H17ClN2O2. The molecule has 0 unspecified atom stereocenters. The SMILES string of the molecule is COCCn1ncc(Cl)c1C(=O)c1ccc(C)cc1C. The van der Waals surface area contributed by atoms with Gasteiger partial charge in [-0.1, -0.05) is 35.4 Å². The first-order chi connectivity index (χ1) is 9.54. The summed E-state index contributed by atoms with van der Waals surface area (Å²) in [4.78, 5) is 12.7. The van der Waals surface area contributed by atoms with Crippen LogP contribution in [0.25, 0.3) is 0 Å². The Morgan fingerprint density at radius 3 is 2.80 bits per heavy atom. The fourth-order valence-corrected chi connectivity index (χ4v) is 2.36. The number of rotatable bonds is 5. The maximum Gasteiger partial charge on any atom is 0.212 e. The predicted octanol–water partition coefficient (Wildman–Crippen LogP) is 3.03. The number of carbonyl (C=O) groups excluding carboxylic acids is 1. The molecule has 106 valence electrons. The van der Waals surface area contributed by atoms with Crippen LogP contribution in [0.15, 0.2) is 24.4 Å². The Morgan fingerprint density at radius 1 is 1.40 bits per heavy atom. The molecule has 0 aliphatic rings. The zero-order chi connectivity index (χ0) is 14.7. The van der Waals surface area contributed by atoms with Gasteiger partial charge in [-0.25, -0.2) is 0 Å². The largest absolute Gasteiger partial charge is 0.383 e. The van der Waals surface area contributed by atoms with E-state index < -0.39 is 0 Å². The molecule has 1 heterocycles. The van der Waals surface area contributed by atoms with E-state index >= 15 is 0 Å². The van der Waals surface area contributed by atoms with Crippen molar-refractivity contribution in [2.45, 2.75) is 20.4 Å². The van der Waals surface area contributed by atoms with E-state index in [2.05, 4.69) is 5.10 Å². The van der Waals surface area contributed by atoms with Crippen molar-refractivity contribution in [3.05, 3.63) is 51.8 Å². The molecule has 0 aliphatic carbocycles. The van der Waals surface area contributed by atoms with Crippen molar-refractivity contribution >= 4 is 17.4 Å². The van der Waals surface area contributed by atoms with E-state index in [1.165, 1.54) is 6.20 Å². The van der Waals surface area contributed by atoms with Crippen molar-refractivity contribution < 1.29 is 9.53 Å². The van der Waals surface area contributed by atoms with Crippen molar-refractivity contribution in [1.82, 2.24) is 9.78 Å². The fraction of sp³-hybridized carbons (Fsp3) is 0.333. The molecule has 1 aromatic heterocycles. The van der Waals surface area contributed by atoms with Gasteiger partial charge in [0.2, 0.25) is 5.78 Å². The van der Waals surface area contributed by atoms with Gasteiger partial charge in [0, 0.05) is 12.7 Å². The Bertz CT molecular complexity index is 635. The molecule has 0 bridgehead atoms. The third kappa shape index (κ3) is 2.92. The molecule has 0 spiro atoms. The lowest BCUT2D eigenvalue weighted by Gasteiger charge is -2.09. The second-order valence-electron chi connectivity index (χ2n) is 4.70. The molecule has 4 nitrogen and oxygen atoms in total. The minimum Gasteiger partial charge on any atom is -0.383 e. The molecule has 0 N–H and O–H groups in total. The monoisotopic (exact) mass is 292 g/mol. The first-order valence-electron chi connectivity index (χ1n) is 6.36. The highest BCUT2D eigenvalue weighted by molar-refractivity contribution is 6.34. The number of methoxy groups -OCH3 is 1. The van der Waals surface area contributed by atoms with Gasteiger partial charge in [0.25, 0.3) is 0 Å². The first-order valence-corrected chi connectivity index (χ1v) is 6.74. The minimum absolute atomic E-state index is 0.110. The van der Waals surface area contributed by atoms with Crippen LogP contribution in [0.5, 0.6) is 0 Å². The lowest BCUT2D eigenvalue weighted by molar-refractivity contribution is 0.102. The van der Waals surface area contributed by atoms with Crippen LogP contribution in [-0.4, -0.2) is 29.3 Å². The molecule has 0 fully saturated rings. The average Bonchev–Trinajstić information content (AvgIpc) is 2.77. The standard InChI is InChI=1S/C15H17ClN2O2/c1-10-4-5-12(11(2)8-10)15(19)14-13(16)9-17-18(14)6-7-20-3/h4-5,8-9H,6-7H2,1-3H3. The summed E-state index contributed by atoms with van der Waals surface area (Å²) >= 11 is 6.11. The third-order valence-corrected chi connectivity index (χ3v) is 3.42. The zero-order valence-corrected chi connectivity index (χ0v) is 12.6. The van der Waals surface area contributed by atoms with Crippen molar-refractivity contribution in [2.75, 3.05) is 13.7 Å². The number of hydrogen-bond donors (Lipinski definition) is 0. The van der Waals surface area contributed by atoms with Gasteiger partial charge < -0.3 is 4.74 Å². The van der Waals surface area contributed by atoms with Gasteiger partial charge in [0.15, 0.2) is 0 Å². The Morgan fingerprint density at radius 2 is 2.15 bits per heavy atom. The quantitative estimate of drug-likeness (QED) is 0.796. The number of ether oxygens (including phenoxy) is 1. The lowest BCUT2D eigenvalue weighted by Crippen LogP contribution is -2.15. The Labute approximate surface area is 123 Å². The van der Waals surface area contributed by atoms with Crippen LogP contribution in [0, 0.1) is 13.8 Å². The highest BCUT2D eigenvalue weighted by atomic mass is 35.5. The normalized spacial score (nSPS) is 10.8. The zero-order valence-electron chi connectivity index (χ0n) is 11.8. The number of nitrogens with zero attached hydrogens (tertiary/aromatic N) is 2. The van der Waals surface area contributed by atoms with Crippen LogP contribution in [0.2, 0.25) is 5.02 Å². The van der Waals surface area contributed by atoms with E-state index in [0.717, 1.165) is 11.1 Å². The summed E-state index contributed by atoms with van der Waals surface area (Å²) in [5.74, 6) is -0.110. The highest BCUT2D eigenvalue weighted by Gasteiger charge is 2.20. The highest BCUT2D eigenvalue weighted by Crippen LogP contribution is 2.21. The summed E-state index contributed by atoms with van der Waals surface area (Å²) < 4.78 is 6.61. The molecule has 5 heteroatoms.